The van der Waals surface area contributed by atoms with Crippen LogP contribution in [0, 0.1) is 5.82 Å². The molecule has 1 amide bonds. The molecule has 2 aromatic rings. The van der Waals surface area contributed by atoms with Gasteiger partial charge in [-0.25, -0.2) is 4.39 Å². The summed E-state index contributed by atoms with van der Waals surface area (Å²) >= 11 is 0. The number of carbonyl (C=O) groups excluding carboxylic acids is 1. The van der Waals surface area contributed by atoms with E-state index in [0.717, 1.165) is 25.1 Å². The lowest BCUT2D eigenvalue weighted by Gasteiger charge is -2.39. The van der Waals surface area contributed by atoms with Gasteiger partial charge in [0.1, 0.15) is 5.82 Å². The number of piperazine rings is 1. The first kappa shape index (κ1) is 17.8. The lowest BCUT2D eigenvalue weighted by molar-refractivity contribution is 0.0562. The van der Waals surface area contributed by atoms with E-state index in [1.54, 1.807) is 18.2 Å². The van der Waals surface area contributed by atoms with Gasteiger partial charge in [-0.3, -0.25) is 9.69 Å². The van der Waals surface area contributed by atoms with E-state index in [-0.39, 0.29) is 24.6 Å². The summed E-state index contributed by atoms with van der Waals surface area (Å²) in [5.41, 5.74) is 1.74. The highest BCUT2D eigenvalue weighted by atomic mass is 19.1. The van der Waals surface area contributed by atoms with Crippen LogP contribution in [0.2, 0.25) is 0 Å². The fourth-order valence-corrected chi connectivity index (χ4v) is 3.84. The highest BCUT2D eigenvalue weighted by Gasteiger charge is 2.27. The van der Waals surface area contributed by atoms with Crippen LogP contribution in [0.15, 0.2) is 42.5 Å². The van der Waals surface area contributed by atoms with Crippen LogP contribution in [-0.4, -0.2) is 48.7 Å². The molecule has 4 rings (SSSR count). The maximum atomic E-state index is 13.2. The largest absolute Gasteiger partial charge is 0.454 e. The first-order valence-corrected chi connectivity index (χ1v) is 9.34. The van der Waals surface area contributed by atoms with Crippen molar-refractivity contribution in [2.24, 2.45) is 0 Å². The van der Waals surface area contributed by atoms with Crippen molar-refractivity contribution in [3.05, 3.63) is 59.4 Å². The molecule has 0 bridgehead atoms. The smallest absolute Gasteiger partial charge is 0.254 e. The standard InChI is InChI=1S/C21H23FN2O3/c1-2-18(15-3-6-17(22)7-4-15)23-9-11-24(12-10-23)21(25)16-5-8-19-20(13-16)27-14-26-19/h3-8,13,18H,2,9-12,14H2,1H3. The summed E-state index contributed by atoms with van der Waals surface area (Å²) in [7, 11) is 0. The lowest BCUT2D eigenvalue weighted by atomic mass is 10.0. The minimum absolute atomic E-state index is 0.0165. The second kappa shape index (κ2) is 7.56. The highest BCUT2D eigenvalue weighted by Crippen LogP contribution is 2.33. The van der Waals surface area contributed by atoms with Crippen LogP contribution in [0.1, 0.15) is 35.3 Å². The van der Waals surface area contributed by atoms with Crippen LogP contribution in [0.3, 0.4) is 0 Å². The van der Waals surface area contributed by atoms with Crippen LogP contribution in [-0.2, 0) is 0 Å². The molecule has 0 aromatic heterocycles. The zero-order valence-corrected chi connectivity index (χ0v) is 15.4. The van der Waals surface area contributed by atoms with Crippen molar-refractivity contribution >= 4 is 5.91 Å². The van der Waals surface area contributed by atoms with E-state index in [4.69, 9.17) is 9.47 Å². The third kappa shape index (κ3) is 3.62. The Morgan fingerprint density at radius 1 is 1.04 bits per heavy atom. The van der Waals surface area contributed by atoms with Gasteiger partial charge < -0.3 is 14.4 Å². The van der Waals surface area contributed by atoms with Crippen LogP contribution in [0.25, 0.3) is 0 Å². The predicted molar refractivity (Wildman–Crippen MR) is 99.5 cm³/mol. The molecule has 1 atom stereocenters. The van der Waals surface area contributed by atoms with Crippen molar-refractivity contribution in [1.82, 2.24) is 9.80 Å². The summed E-state index contributed by atoms with van der Waals surface area (Å²) in [6, 6.07) is 12.3. The first-order chi connectivity index (χ1) is 13.2. The minimum atomic E-state index is -0.215. The molecule has 0 aliphatic carbocycles. The quantitative estimate of drug-likeness (QED) is 0.827. The fourth-order valence-electron chi connectivity index (χ4n) is 3.84. The zero-order valence-electron chi connectivity index (χ0n) is 15.4. The molecule has 1 unspecified atom stereocenters. The highest BCUT2D eigenvalue weighted by molar-refractivity contribution is 5.95. The molecule has 1 saturated heterocycles. The molecule has 2 aliphatic heterocycles. The summed E-state index contributed by atoms with van der Waals surface area (Å²) in [5, 5.41) is 0. The average molecular weight is 370 g/mol. The molecule has 2 aliphatic rings. The minimum Gasteiger partial charge on any atom is -0.454 e. The predicted octanol–water partition coefficient (Wildman–Crippen LogP) is 3.46. The Labute approximate surface area is 158 Å². The molecule has 2 aromatic carbocycles. The number of benzene rings is 2. The van der Waals surface area contributed by atoms with Gasteiger partial charge in [0.05, 0.1) is 0 Å². The van der Waals surface area contributed by atoms with E-state index in [1.165, 1.54) is 12.1 Å². The third-order valence-electron chi connectivity index (χ3n) is 5.30. The lowest BCUT2D eigenvalue weighted by Crippen LogP contribution is -2.49. The second-order valence-corrected chi connectivity index (χ2v) is 6.87. The molecule has 0 N–H and O–H groups in total. The number of amides is 1. The van der Waals surface area contributed by atoms with Crippen molar-refractivity contribution in [1.29, 1.82) is 0 Å². The molecule has 27 heavy (non-hydrogen) atoms. The van der Waals surface area contributed by atoms with Crippen molar-refractivity contribution in [2.75, 3.05) is 33.0 Å². The molecule has 0 radical (unpaired) electrons. The number of hydrogen-bond acceptors (Lipinski definition) is 4. The zero-order chi connectivity index (χ0) is 18.8. The van der Waals surface area contributed by atoms with Crippen molar-refractivity contribution in [3.8, 4) is 11.5 Å². The number of halogens is 1. The molecule has 1 fully saturated rings. The van der Waals surface area contributed by atoms with Crippen LogP contribution in [0.5, 0.6) is 11.5 Å². The number of rotatable bonds is 4. The maximum absolute atomic E-state index is 13.2. The Morgan fingerprint density at radius 3 is 2.44 bits per heavy atom. The summed E-state index contributed by atoms with van der Waals surface area (Å²) in [5.74, 6) is 1.11. The summed E-state index contributed by atoms with van der Waals surface area (Å²) in [4.78, 5) is 17.1. The van der Waals surface area contributed by atoms with E-state index in [2.05, 4.69) is 11.8 Å². The Morgan fingerprint density at radius 2 is 1.74 bits per heavy atom. The first-order valence-electron chi connectivity index (χ1n) is 9.34. The molecule has 6 heteroatoms. The van der Waals surface area contributed by atoms with Gasteiger partial charge in [0, 0.05) is 37.8 Å². The normalized spacial score (nSPS) is 17.8. The Balaban J connectivity index is 1.40. The summed E-state index contributed by atoms with van der Waals surface area (Å²) in [6.45, 7) is 5.28. The van der Waals surface area contributed by atoms with Crippen LogP contribution in [0.4, 0.5) is 4.39 Å². The molecule has 142 valence electrons. The fraction of sp³-hybridized carbons (Fsp3) is 0.381. The van der Waals surface area contributed by atoms with E-state index in [1.807, 2.05) is 17.0 Å². The van der Waals surface area contributed by atoms with E-state index in [9.17, 15) is 9.18 Å². The van der Waals surface area contributed by atoms with E-state index >= 15 is 0 Å². The number of carbonyl (C=O) groups is 1. The number of ether oxygens (including phenoxy) is 2. The monoisotopic (exact) mass is 370 g/mol. The van der Waals surface area contributed by atoms with Gasteiger partial charge in [0.2, 0.25) is 6.79 Å². The van der Waals surface area contributed by atoms with Crippen molar-refractivity contribution in [3.63, 3.8) is 0 Å². The molecular weight excluding hydrogens is 347 g/mol. The van der Waals surface area contributed by atoms with Crippen molar-refractivity contribution in [2.45, 2.75) is 19.4 Å². The molecule has 2 heterocycles. The van der Waals surface area contributed by atoms with Gasteiger partial charge >= 0.3 is 0 Å². The Kier molecular flexibility index (Phi) is 4.99. The van der Waals surface area contributed by atoms with Crippen LogP contribution < -0.4 is 9.47 Å². The number of fused-ring (bicyclic) bond motifs is 1. The number of nitrogens with zero attached hydrogens (tertiary/aromatic N) is 2. The van der Waals surface area contributed by atoms with Gasteiger partial charge in [0.25, 0.3) is 5.91 Å². The maximum Gasteiger partial charge on any atom is 0.254 e. The number of hydrogen-bond donors (Lipinski definition) is 0. The van der Waals surface area contributed by atoms with E-state index < -0.39 is 0 Å². The molecule has 5 nitrogen and oxygen atoms in total. The van der Waals surface area contributed by atoms with Crippen molar-refractivity contribution < 1.29 is 18.7 Å². The molecule has 0 spiro atoms. The molecule has 0 saturated carbocycles. The van der Waals surface area contributed by atoms with Gasteiger partial charge in [-0.2, -0.15) is 0 Å². The van der Waals surface area contributed by atoms with Gasteiger partial charge in [0.15, 0.2) is 11.5 Å². The average Bonchev–Trinajstić information content (AvgIpc) is 3.18. The Bertz CT molecular complexity index is 817. The van der Waals surface area contributed by atoms with Gasteiger partial charge in [-0.05, 0) is 42.3 Å². The van der Waals surface area contributed by atoms with Crippen LogP contribution >= 0.6 is 0 Å². The van der Waals surface area contributed by atoms with Gasteiger partial charge in [-0.15, -0.1) is 0 Å². The van der Waals surface area contributed by atoms with E-state index in [0.29, 0.717) is 30.2 Å². The molecular formula is C21H23FN2O3. The topological polar surface area (TPSA) is 42.0 Å². The summed E-state index contributed by atoms with van der Waals surface area (Å²) in [6.07, 6.45) is 0.946. The Hall–Kier alpha value is -2.60. The summed E-state index contributed by atoms with van der Waals surface area (Å²) < 4.78 is 23.9. The SMILES string of the molecule is CCC(c1ccc(F)cc1)N1CCN(C(=O)c2ccc3c(c2)OCO3)CC1. The third-order valence-corrected chi connectivity index (χ3v) is 5.30. The second-order valence-electron chi connectivity index (χ2n) is 6.87. The van der Waals surface area contributed by atoms with Gasteiger partial charge in [-0.1, -0.05) is 19.1 Å².